The Morgan fingerprint density at radius 3 is 2.75 bits per heavy atom. The molecule has 11 heteroatoms. The van der Waals surface area contributed by atoms with Gasteiger partial charge in [-0.2, -0.15) is 4.98 Å². The van der Waals surface area contributed by atoms with E-state index in [0.29, 0.717) is 59.6 Å². The zero-order chi connectivity index (χ0) is 31.3. The highest BCUT2D eigenvalue weighted by Crippen LogP contribution is 2.39. The molecule has 1 amide bonds. The summed E-state index contributed by atoms with van der Waals surface area (Å²) in [6, 6.07) is 8.10. The van der Waals surface area contributed by atoms with Crippen molar-refractivity contribution in [3.05, 3.63) is 88.0 Å². The van der Waals surface area contributed by atoms with Crippen molar-refractivity contribution in [2.75, 3.05) is 24.5 Å². The number of furan rings is 1. The Labute approximate surface area is 258 Å². The number of fused-ring (bicyclic) bond motifs is 2. The predicted molar refractivity (Wildman–Crippen MR) is 170 cm³/mol. The van der Waals surface area contributed by atoms with Gasteiger partial charge < -0.3 is 14.2 Å². The molecule has 1 aliphatic rings. The zero-order valence-corrected chi connectivity index (χ0v) is 25.7. The lowest BCUT2D eigenvalue weighted by Crippen LogP contribution is -2.55. The zero-order valence-electron chi connectivity index (χ0n) is 25.0. The van der Waals surface area contributed by atoms with Crippen molar-refractivity contribution in [1.29, 1.82) is 0 Å². The highest BCUT2D eigenvalue weighted by molar-refractivity contribution is 6.34. The van der Waals surface area contributed by atoms with Crippen LogP contribution >= 0.6 is 11.6 Å². The fraction of sp³-hybridized carbons (Fsp3) is 0.303. The highest BCUT2D eigenvalue weighted by Gasteiger charge is 2.32. The minimum absolute atomic E-state index is 0.0208. The third kappa shape index (κ3) is 4.83. The van der Waals surface area contributed by atoms with Gasteiger partial charge in [-0.25, -0.2) is 18.7 Å². The molecular formula is C33H32ClFN6O3. The molecule has 1 atom stereocenters. The van der Waals surface area contributed by atoms with Gasteiger partial charge in [-0.3, -0.25) is 9.78 Å². The molecule has 0 saturated carbocycles. The van der Waals surface area contributed by atoms with Crippen LogP contribution in [0.3, 0.4) is 0 Å². The van der Waals surface area contributed by atoms with E-state index in [2.05, 4.69) is 16.5 Å². The number of piperazine rings is 1. The van der Waals surface area contributed by atoms with E-state index in [1.54, 1.807) is 29.3 Å². The third-order valence-corrected chi connectivity index (χ3v) is 8.53. The van der Waals surface area contributed by atoms with E-state index in [9.17, 15) is 9.59 Å². The lowest BCUT2D eigenvalue weighted by atomic mass is 10.0. The van der Waals surface area contributed by atoms with Crippen LogP contribution in [0.25, 0.3) is 38.9 Å². The number of hydrogen-bond acceptors (Lipinski definition) is 7. The first-order valence-electron chi connectivity index (χ1n) is 14.6. The molecule has 1 fully saturated rings. The second-order valence-electron chi connectivity index (χ2n) is 11.3. The minimum atomic E-state index is -0.557. The number of pyridine rings is 2. The first-order chi connectivity index (χ1) is 21.1. The number of rotatable bonds is 6. The van der Waals surface area contributed by atoms with Crippen LogP contribution in [-0.2, 0) is 4.79 Å². The summed E-state index contributed by atoms with van der Waals surface area (Å²) in [7, 11) is 0. The van der Waals surface area contributed by atoms with E-state index in [1.165, 1.54) is 23.0 Å². The largest absolute Gasteiger partial charge is 0.464 e. The molecule has 0 N–H and O–H groups in total. The van der Waals surface area contributed by atoms with Crippen molar-refractivity contribution in [3.63, 3.8) is 0 Å². The number of carbonyl (C=O) groups excluding carboxylic acids is 1. The summed E-state index contributed by atoms with van der Waals surface area (Å²) in [5, 5.41) is 1.38. The normalized spacial score (nSPS) is 15.5. The Hall–Kier alpha value is -4.57. The van der Waals surface area contributed by atoms with Crippen LogP contribution in [0.1, 0.15) is 44.4 Å². The Kier molecular flexibility index (Phi) is 7.71. The van der Waals surface area contributed by atoms with Crippen LogP contribution < -0.4 is 10.6 Å². The molecule has 4 aromatic heterocycles. The van der Waals surface area contributed by atoms with Crippen LogP contribution in [0.4, 0.5) is 10.2 Å². The molecule has 1 aliphatic heterocycles. The van der Waals surface area contributed by atoms with Gasteiger partial charge >= 0.3 is 5.69 Å². The van der Waals surface area contributed by atoms with E-state index >= 15 is 4.39 Å². The summed E-state index contributed by atoms with van der Waals surface area (Å²) in [4.78, 5) is 44.5. The molecule has 0 unspecified atom stereocenters. The van der Waals surface area contributed by atoms with E-state index < -0.39 is 11.5 Å². The average molecular weight is 615 g/mol. The Bertz CT molecular complexity index is 2000. The molecule has 0 aliphatic carbocycles. The maximum atomic E-state index is 15.5. The number of benzene rings is 1. The molecule has 0 spiro atoms. The van der Waals surface area contributed by atoms with Crippen LogP contribution in [0, 0.1) is 12.7 Å². The van der Waals surface area contributed by atoms with E-state index in [1.807, 2.05) is 38.7 Å². The van der Waals surface area contributed by atoms with Gasteiger partial charge in [0, 0.05) is 37.3 Å². The molecule has 1 aromatic carbocycles. The number of hydrogen-bond donors (Lipinski definition) is 0. The maximum absolute atomic E-state index is 15.5. The number of anilines is 1. The lowest BCUT2D eigenvalue weighted by Gasteiger charge is -2.42. The molecule has 226 valence electrons. The Morgan fingerprint density at radius 1 is 1.23 bits per heavy atom. The van der Waals surface area contributed by atoms with Crippen LogP contribution in [0.5, 0.6) is 0 Å². The van der Waals surface area contributed by atoms with Crippen molar-refractivity contribution in [2.24, 2.45) is 0 Å². The fourth-order valence-corrected chi connectivity index (χ4v) is 6.27. The molecule has 0 bridgehead atoms. The highest BCUT2D eigenvalue weighted by atomic mass is 35.5. The Morgan fingerprint density at radius 2 is 2.02 bits per heavy atom. The monoisotopic (exact) mass is 614 g/mol. The van der Waals surface area contributed by atoms with Gasteiger partial charge in [0.05, 0.1) is 39.3 Å². The average Bonchev–Trinajstić information content (AvgIpc) is 3.49. The number of amides is 1. The molecule has 1 saturated heterocycles. The minimum Gasteiger partial charge on any atom is -0.464 e. The van der Waals surface area contributed by atoms with Gasteiger partial charge in [-0.05, 0) is 61.2 Å². The summed E-state index contributed by atoms with van der Waals surface area (Å²) in [5.41, 5.74) is 2.34. The quantitative estimate of drug-likeness (QED) is 0.203. The van der Waals surface area contributed by atoms with Crippen LogP contribution in [0.15, 0.2) is 64.7 Å². The summed E-state index contributed by atoms with van der Waals surface area (Å²) in [6.45, 7) is 12.9. The molecule has 44 heavy (non-hydrogen) atoms. The number of carbonyl (C=O) groups is 1. The summed E-state index contributed by atoms with van der Waals surface area (Å²) in [5.74, 6) is -0.316. The van der Waals surface area contributed by atoms with Crippen molar-refractivity contribution >= 4 is 45.3 Å². The fourth-order valence-electron chi connectivity index (χ4n) is 6.03. The smallest absolute Gasteiger partial charge is 0.355 e. The summed E-state index contributed by atoms with van der Waals surface area (Å²) in [6.07, 6.45) is 5.19. The first-order valence-corrected chi connectivity index (χ1v) is 15.0. The Balaban J connectivity index is 1.67. The number of aromatic nitrogens is 4. The number of nitrogens with zero attached hydrogens (tertiary/aromatic N) is 6. The third-order valence-electron chi connectivity index (χ3n) is 8.25. The lowest BCUT2D eigenvalue weighted by molar-refractivity contribution is -0.126. The first kappa shape index (κ1) is 29.5. The molecule has 5 aromatic rings. The molecular weight excluding hydrogens is 583 g/mol. The SMILES string of the molecule is C=CC(=O)N1CCN(c2nc(=O)n(-c3c(C)ccnc3C(C)C)c3nc(-c4c(F)ccc5ccoc45)c(Cl)cc23)[C@@H](CC)C1. The van der Waals surface area contributed by atoms with Gasteiger partial charge in [0.25, 0.3) is 0 Å². The van der Waals surface area contributed by atoms with E-state index in [4.69, 9.17) is 21.0 Å². The van der Waals surface area contributed by atoms with Gasteiger partial charge in [0.15, 0.2) is 5.65 Å². The standard InChI is InChI=1S/C33H32ClFN6O3/c1-6-21-17-39(25(42)7-2)13-14-40(21)31-22-16-23(34)28(26-24(35)9-8-20-11-15-44-30(20)26)37-32(22)41(33(43)38-31)29-19(5)10-12-36-27(29)18(3)4/h7-12,15-16,18,21H,2,6,13-14,17H2,1,3-5H3/t21-/m0/s1. The second-order valence-corrected chi connectivity index (χ2v) is 11.7. The van der Waals surface area contributed by atoms with Gasteiger partial charge in [-0.15, -0.1) is 0 Å². The number of aryl methyl sites for hydroxylation is 1. The van der Waals surface area contributed by atoms with Crippen molar-refractivity contribution in [2.45, 2.75) is 46.1 Å². The maximum Gasteiger partial charge on any atom is 0.355 e. The van der Waals surface area contributed by atoms with Crippen molar-refractivity contribution < 1.29 is 13.6 Å². The van der Waals surface area contributed by atoms with E-state index in [0.717, 1.165) is 5.56 Å². The van der Waals surface area contributed by atoms with Crippen LogP contribution in [0.2, 0.25) is 5.02 Å². The van der Waals surface area contributed by atoms with Crippen molar-refractivity contribution in [3.8, 4) is 16.9 Å². The molecule has 5 heterocycles. The predicted octanol–water partition coefficient (Wildman–Crippen LogP) is 6.43. The topological polar surface area (TPSA) is 97.4 Å². The second kappa shape index (κ2) is 11.5. The van der Waals surface area contributed by atoms with Gasteiger partial charge in [-0.1, -0.05) is 39.0 Å². The molecule has 9 nitrogen and oxygen atoms in total. The number of halogens is 2. The van der Waals surface area contributed by atoms with Gasteiger partial charge in [0.2, 0.25) is 5.91 Å². The molecule has 6 rings (SSSR count). The van der Waals surface area contributed by atoms with Gasteiger partial charge in [0.1, 0.15) is 17.2 Å². The molecule has 0 radical (unpaired) electrons. The summed E-state index contributed by atoms with van der Waals surface area (Å²) >= 11 is 6.91. The van der Waals surface area contributed by atoms with Crippen molar-refractivity contribution in [1.82, 2.24) is 24.4 Å². The van der Waals surface area contributed by atoms with E-state index in [-0.39, 0.29) is 39.8 Å². The van der Waals surface area contributed by atoms with Crippen LogP contribution in [-0.4, -0.2) is 56.0 Å². The summed E-state index contributed by atoms with van der Waals surface area (Å²) < 4.78 is 22.6.